The van der Waals surface area contributed by atoms with Gasteiger partial charge in [-0.25, -0.2) is 0 Å². The predicted octanol–water partition coefficient (Wildman–Crippen LogP) is 5.11. The average molecular weight is 256 g/mol. The standard InChI is InChI=1S/C16H32O2/c1-4-7-9-11-15(12-10-8-5-2)13-14-16(17)18-6-3/h15H,4-14H2,1-3H3. The molecule has 0 aliphatic carbocycles. The van der Waals surface area contributed by atoms with Crippen molar-refractivity contribution in [2.24, 2.45) is 5.92 Å². The Labute approximate surface area is 113 Å². The average Bonchev–Trinajstić information content (AvgIpc) is 2.36. The van der Waals surface area contributed by atoms with Gasteiger partial charge in [-0.1, -0.05) is 65.2 Å². The molecule has 0 heterocycles. The summed E-state index contributed by atoms with van der Waals surface area (Å²) in [5.41, 5.74) is 0. The molecule has 0 aromatic carbocycles. The second-order valence-corrected chi connectivity index (χ2v) is 5.20. The minimum atomic E-state index is -0.0199. The summed E-state index contributed by atoms with van der Waals surface area (Å²) in [5, 5.41) is 0. The third-order valence-electron chi connectivity index (χ3n) is 3.49. The Morgan fingerprint density at radius 2 is 1.44 bits per heavy atom. The Kier molecular flexibility index (Phi) is 12.5. The van der Waals surface area contributed by atoms with Crippen LogP contribution in [0.5, 0.6) is 0 Å². The fraction of sp³-hybridized carbons (Fsp3) is 0.938. The van der Waals surface area contributed by atoms with Gasteiger partial charge in [-0.3, -0.25) is 4.79 Å². The van der Waals surface area contributed by atoms with Gasteiger partial charge in [-0.15, -0.1) is 0 Å². The first-order valence-electron chi connectivity index (χ1n) is 7.90. The number of hydrogen-bond acceptors (Lipinski definition) is 2. The van der Waals surface area contributed by atoms with Crippen molar-refractivity contribution in [2.75, 3.05) is 6.61 Å². The van der Waals surface area contributed by atoms with E-state index in [0.717, 1.165) is 12.3 Å². The molecule has 0 amide bonds. The number of hydrogen-bond donors (Lipinski definition) is 0. The normalized spacial score (nSPS) is 10.9. The highest BCUT2D eigenvalue weighted by Gasteiger charge is 2.11. The van der Waals surface area contributed by atoms with E-state index in [4.69, 9.17) is 4.74 Å². The molecule has 0 aromatic heterocycles. The Balaban J connectivity index is 3.83. The largest absolute Gasteiger partial charge is 0.466 e. The van der Waals surface area contributed by atoms with Gasteiger partial charge >= 0.3 is 5.97 Å². The molecule has 0 atom stereocenters. The van der Waals surface area contributed by atoms with Gasteiger partial charge in [0.05, 0.1) is 6.61 Å². The molecule has 0 radical (unpaired) electrons. The van der Waals surface area contributed by atoms with E-state index in [1.807, 2.05) is 6.92 Å². The van der Waals surface area contributed by atoms with Crippen LogP contribution in [-0.2, 0) is 9.53 Å². The maximum absolute atomic E-state index is 11.4. The number of esters is 1. The zero-order chi connectivity index (χ0) is 13.6. The lowest BCUT2D eigenvalue weighted by Gasteiger charge is -2.16. The lowest BCUT2D eigenvalue weighted by Crippen LogP contribution is -2.08. The Hall–Kier alpha value is -0.530. The highest BCUT2D eigenvalue weighted by atomic mass is 16.5. The van der Waals surface area contributed by atoms with Crippen LogP contribution < -0.4 is 0 Å². The summed E-state index contributed by atoms with van der Waals surface area (Å²) in [7, 11) is 0. The summed E-state index contributed by atoms with van der Waals surface area (Å²) in [4.78, 5) is 11.4. The highest BCUT2D eigenvalue weighted by molar-refractivity contribution is 5.69. The van der Waals surface area contributed by atoms with Gasteiger partial charge in [0.25, 0.3) is 0 Å². The summed E-state index contributed by atoms with van der Waals surface area (Å²) < 4.78 is 5.00. The number of ether oxygens (including phenoxy) is 1. The van der Waals surface area contributed by atoms with Crippen molar-refractivity contribution in [3.8, 4) is 0 Å². The molecule has 0 aliphatic heterocycles. The second-order valence-electron chi connectivity index (χ2n) is 5.20. The molecule has 0 fully saturated rings. The third-order valence-corrected chi connectivity index (χ3v) is 3.49. The zero-order valence-electron chi connectivity index (χ0n) is 12.7. The molecule has 0 spiro atoms. The zero-order valence-corrected chi connectivity index (χ0v) is 12.7. The van der Waals surface area contributed by atoms with Gasteiger partial charge in [0, 0.05) is 6.42 Å². The lowest BCUT2D eigenvalue weighted by atomic mass is 9.91. The molecular weight excluding hydrogens is 224 g/mol. The van der Waals surface area contributed by atoms with E-state index in [2.05, 4.69) is 13.8 Å². The molecule has 18 heavy (non-hydrogen) atoms. The maximum Gasteiger partial charge on any atom is 0.305 e. The van der Waals surface area contributed by atoms with E-state index < -0.39 is 0 Å². The molecule has 108 valence electrons. The molecule has 0 N–H and O–H groups in total. The monoisotopic (exact) mass is 256 g/mol. The van der Waals surface area contributed by atoms with Gasteiger partial charge in [0.15, 0.2) is 0 Å². The van der Waals surface area contributed by atoms with Crippen LogP contribution in [0.4, 0.5) is 0 Å². The fourth-order valence-electron chi connectivity index (χ4n) is 2.35. The van der Waals surface area contributed by atoms with E-state index in [9.17, 15) is 4.79 Å². The fourth-order valence-corrected chi connectivity index (χ4v) is 2.35. The third kappa shape index (κ3) is 10.6. The topological polar surface area (TPSA) is 26.3 Å². The van der Waals surface area contributed by atoms with Crippen LogP contribution in [-0.4, -0.2) is 12.6 Å². The van der Waals surface area contributed by atoms with Gasteiger partial charge in [0.1, 0.15) is 0 Å². The van der Waals surface area contributed by atoms with Crippen LogP contribution >= 0.6 is 0 Å². The molecule has 2 heteroatoms. The summed E-state index contributed by atoms with van der Waals surface area (Å²) >= 11 is 0. The van der Waals surface area contributed by atoms with Crippen molar-refractivity contribution in [1.82, 2.24) is 0 Å². The van der Waals surface area contributed by atoms with Crippen molar-refractivity contribution in [3.63, 3.8) is 0 Å². The first-order chi connectivity index (χ1) is 8.74. The Morgan fingerprint density at radius 3 is 1.89 bits per heavy atom. The van der Waals surface area contributed by atoms with E-state index in [0.29, 0.717) is 13.0 Å². The number of carbonyl (C=O) groups excluding carboxylic acids is 1. The van der Waals surface area contributed by atoms with Crippen LogP contribution in [0, 0.1) is 5.92 Å². The summed E-state index contributed by atoms with van der Waals surface area (Å²) in [6.45, 7) is 6.86. The summed E-state index contributed by atoms with van der Waals surface area (Å²) in [6, 6.07) is 0. The lowest BCUT2D eigenvalue weighted by molar-refractivity contribution is -0.143. The predicted molar refractivity (Wildman–Crippen MR) is 77.6 cm³/mol. The number of unbranched alkanes of at least 4 members (excludes halogenated alkanes) is 4. The Bertz CT molecular complexity index is 180. The minimum absolute atomic E-state index is 0.0199. The number of carbonyl (C=O) groups is 1. The smallest absolute Gasteiger partial charge is 0.305 e. The second kappa shape index (κ2) is 12.9. The molecule has 0 rings (SSSR count). The first kappa shape index (κ1) is 17.5. The van der Waals surface area contributed by atoms with Crippen molar-refractivity contribution < 1.29 is 9.53 Å². The van der Waals surface area contributed by atoms with Crippen LogP contribution in [0.2, 0.25) is 0 Å². The van der Waals surface area contributed by atoms with Crippen molar-refractivity contribution in [1.29, 1.82) is 0 Å². The van der Waals surface area contributed by atoms with Crippen molar-refractivity contribution in [3.05, 3.63) is 0 Å². The van der Waals surface area contributed by atoms with Crippen molar-refractivity contribution >= 4 is 5.97 Å². The van der Waals surface area contributed by atoms with Crippen molar-refractivity contribution in [2.45, 2.75) is 85.0 Å². The molecule has 0 bridgehead atoms. The molecule has 0 saturated carbocycles. The van der Waals surface area contributed by atoms with Gasteiger partial charge < -0.3 is 4.74 Å². The molecule has 0 saturated heterocycles. The summed E-state index contributed by atoms with van der Waals surface area (Å²) in [6.07, 6.45) is 12.0. The quantitative estimate of drug-likeness (QED) is 0.358. The van der Waals surface area contributed by atoms with E-state index >= 15 is 0 Å². The van der Waals surface area contributed by atoms with Crippen LogP contribution in [0.25, 0.3) is 0 Å². The molecule has 2 nitrogen and oxygen atoms in total. The van der Waals surface area contributed by atoms with Crippen LogP contribution in [0.1, 0.15) is 85.0 Å². The van der Waals surface area contributed by atoms with Gasteiger partial charge in [0.2, 0.25) is 0 Å². The van der Waals surface area contributed by atoms with Gasteiger partial charge in [-0.05, 0) is 19.3 Å². The van der Waals surface area contributed by atoms with Crippen LogP contribution in [0.15, 0.2) is 0 Å². The molecule has 0 unspecified atom stereocenters. The maximum atomic E-state index is 11.4. The van der Waals surface area contributed by atoms with E-state index in [-0.39, 0.29) is 5.97 Å². The summed E-state index contributed by atoms with van der Waals surface area (Å²) in [5.74, 6) is 0.709. The molecular formula is C16H32O2. The SMILES string of the molecule is CCCCCC(CCCCC)CCC(=O)OCC. The minimum Gasteiger partial charge on any atom is -0.466 e. The number of rotatable bonds is 12. The molecule has 0 aliphatic rings. The highest BCUT2D eigenvalue weighted by Crippen LogP contribution is 2.22. The van der Waals surface area contributed by atoms with Gasteiger partial charge in [-0.2, -0.15) is 0 Å². The first-order valence-corrected chi connectivity index (χ1v) is 7.90. The van der Waals surface area contributed by atoms with E-state index in [1.54, 1.807) is 0 Å². The Morgan fingerprint density at radius 1 is 0.889 bits per heavy atom. The van der Waals surface area contributed by atoms with E-state index in [1.165, 1.54) is 51.4 Å². The van der Waals surface area contributed by atoms with Crippen LogP contribution in [0.3, 0.4) is 0 Å². The molecule has 0 aromatic rings.